The molecule has 1 aliphatic rings. The molecule has 0 aromatic carbocycles. The molecular formula is C11H18N2O. The van der Waals surface area contributed by atoms with Crippen LogP contribution in [0.4, 0.5) is 0 Å². The maximum atomic E-state index is 5.74. The van der Waals surface area contributed by atoms with Crippen molar-refractivity contribution in [3.05, 3.63) is 24.2 Å². The first-order chi connectivity index (χ1) is 6.83. The molecule has 0 amide bonds. The minimum Gasteiger partial charge on any atom is -0.468 e. The average molecular weight is 194 g/mol. The molecule has 2 N–H and O–H groups in total. The fourth-order valence-electron chi connectivity index (χ4n) is 2.31. The van der Waals surface area contributed by atoms with Gasteiger partial charge in [-0.3, -0.25) is 4.90 Å². The molecule has 78 valence electrons. The SMILES string of the molecule is C[C@@H](c1ccco1)N1CCC[C@H]1CN. The Morgan fingerprint density at radius 2 is 2.57 bits per heavy atom. The van der Waals surface area contributed by atoms with E-state index in [1.807, 2.05) is 12.1 Å². The number of hydrogen-bond acceptors (Lipinski definition) is 3. The van der Waals surface area contributed by atoms with Gasteiger partial charge in [0.05, 0.1) is 12.3 Å². The molecule has 2 rings (SSSR count). The molecule has 14 heavy (non-hydrogen) atoms. The van der Waals surface area contributed by atoms with Crippen molar-refractivity contribution in [1.82, 2.24) is 4.90 Å². The van der Waals surface area contributed by atoms with Gasteiger partial charge in [-0.2, -0.15) is 0 Å². The second-order valence-electron chi connectivity index (χ2n) is 3.96. The molecular weight excluding hydrogens is 176 g/mol. The zero-order chi connectivity index (χ0) is 9.97. The van der Waals surface area contributed by atoms with Crippen molar-refractivity contribution in [2.24, 2.45) is 5.73 Å². The summed E-state index contributed by atoms with van der Waals surface area (Å²) in [7, 11) is 0. The summed E-state index contributed by atoms with van der Waals surface area (Å²) in [5.41, 5.74) is 5.74. The Labute approximate surface area is 84.9 Å². The van der Waals surface area contributed by atoms with E-state index in [1.54, 1.807) is 6.26 Å². The third-order valence-corrected chi connectivity index (χ3v) is 3.15. The Bertz CT molecular complexity index is 271. The lowest BCUT2D eigenvalue weighted by molar-refractivity contribution is 0.176. The molecule has 1 aromatic heterocycles. The van der Waals surface area contributed by atoms with E-state index in [9.17, 15) is 0 Å². The van der Waals surface area contributed by atoms with Crippen LogP contribution in [0.3, 0.4) is 0 Å². The number of rotatable bonds is 3. The Hall–Kier alpha value is -0.800. The lowest BCUT2D eigenvalue weighted by atomic mass is 10.1. The highest BCUT2D eigenvalue weighted by Crippen LogP contribution is 2.28. The van der Waals surface area contributed by atoms with Crippen LogP contribution in [-0.2, 0) is 0 Å². The number of nitrogens with zero attached hydrogens (tertiary/aromatic N) is 1. The van der Waals surface area contributed by atoms with Crippen LogP contribution in [0.5, 0.6) is 0 Å². The molecule has 1 aromatic rings. The molecule has 0 bridgehead atoms. The Kier molecular flexibility index (Phi) is 2.89. The minimum absolute atomic E-state index is 0.362. The number of furan rings is 1. The van der Waals surface area contributed by atoms with Crippen molar-refractivity contribution in [2.45, 2.75) is 31.8 Å². The standard InChI is InChI=1S/C11H18N2O/c1-9(11-5-3-7-14-11)13-6-2-4-10(13)8-12/h3,5,7,9-10H,2,4,6,8,12H2,1H3/t9-,10-/m0/s1. The van der Waals surface area contributed by atoms with Crippen LogP contribution in [0.15, 0.2) is 22.8 Å². The molecule has 3 heteroatoms. The Morgan fingerprint density at radius 1 is 1.71 bits per heavy atom. The summed E-state index contributed by atoms with van der Waals surface area (Å²) in [5.74, 6) is 1.05. The van der Waals surface area contributed by atoms with Crippen LogP contribution in [0.25, 0.3) is 0 Å². The van der Waals surface area contributed by atoms with E-state index in [-0.39, 0.29) is 0 Å². The number of likely N-dealkylation sites (tertiary alicyclic amines) is 1. The molecule has 0 unspecified atom stereocenters. The minimum atomic E-state index is 0.362. The average Bonchev–Trinajstić information content (AvgIpc) is 2.87. The van der Waals surface area contributed by atoms with Crippen molar-refractivity contribution in [3.8, 4) is 0 Å². The van der Waals surface area contributed by atoms with Gasteiger partial charge in [-0.05, 0) is 38.4 Å². The fourth-order valence-corrected chi connectivity index (χ4v) is 2.31. The lowest BCUT2D eigenvalue weighted by Gasteiger charge is -2.28. The Balaban J connectivity index is 2.07. The van der Waals surface area contributed by atoms with Crippen molar-refractivity contribution in [1.29, 1.82) is 0 Å². The van der Waals surface area contributed by atoms with Crippen LogP contribution in [-0.4, -0.2) is 24.0 Å². The highest BCUT2D eigenvalue weighted by molar-refractivity contribution is 5.05. The predicted molar refractivity (Wildman–Crippen MR) is 55.9 cm³/mol. The quantitative estimate of drug-likeness (QED) is 0.797. The normalized spacial score (nSPS) is 25.4. The summed E-state index contributed by atoms with van der Waals surface area (Å²) in [6, 6.07) is 4.88. The topological polar surface area (TPSA) is 42.4 Å². The monoisotopic (exact) mass is 194 g/mol. The molecule has 0 radical (unpaired) electrons. The van der Waals surface area contributed by atoms with E-state index >= 15 is 0 Å². The van der Waals surface area contributed by atoms with Gasteiger partial charge in [0.2, 0.25) is 0 Å². The highest BCUT2D eigenvalue weighted by atomic mass is 16.3. The zero-order valence-corrected chi connectivity index (χ0v) is 8.65. The first-order valence-electron chi connectivity index (χ1n) is 5.32. The van der Waals surface area contributed by atoms with Crippen LogP contribution in [0, 0.1) is 0 Å². The molecule has 1 fully saturated rings. The molecule has 1 aliphatic heterocycles. The largest absolute Gasteiger partial charge is 0.468 e. The van der Waals surface area contributed by atoms with Gasteiger partial charge in [0.25, 0.3) is 0 Å². The third kappa shape index (κ3) is 1.70. The summed E-state index contributed by atoms with van der Waals surface area (Å²) in [6.45, 7) is 4.08. The molecule has 1 saturated heterocycles. The molecule has 0 saturated carbocycles. The van der Waals surface area contributed by atoms with Crippen molar-refractivity contribution >= 4 is 0 Å². The molecule has 2 heterocycles. The molecule has 2 atom stereocenters. The summed E-state index contributed by atoms with van der Waals surface area (Å²) in [6.07, 6.45) is 4.22. The molecule has 0 aliphatic carbocycles. The van der Waals surface area contributed by atoms with Gasteiger partial charge in [0.1, 0.15) is 5.76 Å². The van der Waals surface area contributed by atoms with Gasteiger partial charge < -0.3 is 10.2 Å². The van der Waals surface area contributed by atoms with E-state index in [0.717, 1.165) is 18.8 Å². The van der Waals surface area contributed by atoms with Crippen LogP contribution < -0.4 is 5.73 Å². The predicted octanol–water partition coefficient (Wildman–Crippen LogP) is 1.76. The van der Waals surface area contributed by atoms with Gasteiger partial charge in [-0.15, -0.1) is 0 Å². The van der Waals surface area contributed by atoms with Crippen LogP contribution in [0.2, 0.25) is 0 Å². The van der Waals surface area contributed by atoms with Crippen LogP contribution >= 0.6 is 0 Å². The second-order valence-corrected chi connectivity index (χ2v) is 3.96. The van der Waals surface area contributed by atoms with Gasteiger partial charge in [-0.1, -0.05) is 0 Å². The van der Waals surface area contributed by atoms with E-state index < -0.39 is 0 Å². The first kappa shape index (κ1) is 9.74. The maximum Gasteiger partial charge on any atom is 0.120 e. The van der Waals surface area contributed by atoms with Gasteiger partial charge in [0, 0.05) is 12.6 Å². The lowest BCUT2D eigenvalue weighted by Crippen LogP contribution is -2.37. The zero-order valence-electron chi connectivity index (χ0n) is 8.65. The highest BCUT2D eigenvalue weighted by Gasteiger charge is 2.29. The van der Waals surface area contributed by atoms with Crippen molar-refractivity contribution in [2.75, 3.05) is 13.1 Å². The summed E-state index contributed by atoms with van der Waals surface area (Å²) >= 11 is 0. The summed E-state index contributed by atoms with van der Waals surface area (Å²) in [5, 5.41) is 0. The maximum absolute atomic E-state index is 5.74. The summed E-state index contributed by atoms with van der Waals surface area (Å²) < 4.78 is 5.42. The number of hydrogen-bond donors (Lipinski definition) is 1. The van der Waals surface area contributed by atoms with E-state index in [1.165, 1.54) is 12.8 Å². The first-order valence-corrected chi connectivity index (χ1v) is 5.32. The second kappa shape index (κ2) is 4.15. The van der Waals surface area contributed by atoms with Crippen molar-refractivity contribution in [3.63, 3.8) is 0 Å². The summed E-state index contributed by atoms with van der Waals surface area (Å²) in [4.78, 5) is 2.44. The van der Waals surface area contributed by atoms with Gasteiger partial charge in [0.15, 0.2) is 0 Å². The molecule has 0 spiro atoms. The van der Waals surface area contributed by atoms with Crippen molar-refractivity contribution < 1.29 is 4.42 Å². The van der Waals surface area contributed by atoms with Gasteiger partial charge >= 0.3 is 0 Å². The fraction of sp³-hybridized carbons (Fsp3) is 0.636. The molecule has 3 nitrogen and oxygen atoms in total. The van der Waals surface area contributed by atoms with E-state index in [2.05, 4.69) is 11.8 Å². The van der Waals surface area contributed by atoms with E-state index in [0.29, 0.717) is 12.1 Å². The van der Waals surface area contributed by atoms with Crippen LogP contribution in [0.1, 0.15) is 31.6 Å². The third-order valence-electron chi connectivity index (χ3n) is 3.15. The van der Waals surface area contributed by atoms with Gasteiger partial charge in [-0.25, -0.2) is 0 Å². The van der Waals surface area contributed by atoms with E-state index in [4.69, 9.17) is 10.2 Å². The number of nitrogens with two attached hydrogens (primary N) is 1. The smallest absolute Gasteiger partial charge is 0.120 e. The Morgan fingerprint density at radius 3 is 3.21 bits per heavy atom.